The summed E-state index contributed by atoms with van der Waals surface area (Å²) in [4.78, 5) is 7.21. The molecule has 4 rings (SSSR count). The van der Waals surface area contributed by atoms with E-state index in [0.717, 1.165) is 55.4 Å². The summed E-state index contributed by atoms with van der Waals surface area (Å²) in [6.45, 7) is 3.19. The third-order valence-electron chi connectivity index (χ3n) is 4.36. The molecule has 0 radical (unpaired) electrons. The van der Waals surface area contributed by atoms with Crippen molar-refractivity contribution in [2.24, 2.45) is 0 Å². The van der Waals surface area contributed by atoms with Crippen molar-refractivity contribution in [3.05, 3.63) is 53.2 Å². The Morgan fingerprint density at radius 3 is 2.65 bits per heavy atom. The lowest BCUT2D eigenvalue weighted by atomic mass is 10.0. The molecule has 1 fully saturated rings. The molecule has 23 heavy (non-hydrogen) atoms. The smallest absolute Gasteiger partial charge is 0.137 e. The Labute approximate surface area is 135 Å². The summed E-state index contributed by atoms with van der Waals surface area (Å²) in [5.41, 5.74) is 5.26. The van der Waals surface area contributed by atoms with Crippen LogP contribution in [0.5, 0.6) is 0 Å². The summed E-state index contributed by atoms with van der Waals surface area (Å²) in [5, 5.41) is 8.99. The molecule has 1 aliphatic heterocycles. The first-order valence-corrected chi connectivity index (χ1v) is 7.89. The van der Waals surface area contributed by atoms with Crippen molar-refractivity contribution in [3.63, 3.8) is 0 Å². The molecule has 0 N–H and O–H groups in total. The van der Waals surface area contributed by atoms with Crippen molar-refractivity contribution in [1.29, 1.82) is 5.26 Å². The van der Waals surface area contributed by atoms with Gasteiger partial charge >= 0.3 is 0 Å². The van der Waals surface area contributed by atoms with E-state index in [1.54, 1.807) is 0 Å². The topological polar surface area (TPSA) is 49.2 Å². The van der Waals surface area contributed by atoms with Crippen LogP contribution in [-0.2, 0) is 11.2 Å². The van der Waals surface area contributed by atoms with Crippen LogP contribution in [0.4, 0.5) is 5.82 Å². The number of nitriles is 1. The summed E-state index contributed by atoms with van der Waals surface area (Å²) >= 11 is 0. The minimum absolute atomic E-state index is 0.678. The summed E-state index contributed by atoms with van der Waals surface area (Å²) in [6, 6.07) is 12.2. The Bertz CT molecular complexity index is 797. The van der Waals surface area contributed by atoms with Crippen molar-refractivity contribution >= 4 is 11.9 Å². The Morgan fingerprint density at radius 1 is 1.13 bits per heavy atom. The molecule has 1 aliphatic carbocycles. The van der Waals surface area contributed by atoms with Gasteiger partial charge in [-0.2, -0.15) is 5.26 Å². The van der Waals surface area contributed by atoms with Crippen LogP contribution in [0.1, 0.15) is 16.8 Å². The summed E-state index contributed by atoms with van der Waals surface area (Å²) < 4.78 is 5.47. The van der Waals surface area contributed by atoms with Crippen molar-refractivity contribution in [2.45, 2.75) is 6.42 Å². The van der Waals surface area contributed by atoms with E-state index in [0.29, 0.717) is 5.56 Å². The van der Waals surface area contributed by atoms with Gasteiger partial charge in [-0.1, -0.05) is 18.2 Å². The number of benzene rings is 1. The van der Waals surface area contributed by atoms with E-state index in [4.69, 9.17) is 15.0 Å². The normalized spacial score (nSPS) is 16.2. The highest BCUT2D eigenvalue weighted by Crippen LogP contribution is 2.34. The number of aromatic nitrogens is 1. The van der Waals surface area contributed by atoms with E-state index < -0.39 is 0 Å². The molecule has 2 aromatic rings. The van der Waals surface area contributed by atoms with Crippen molar-refractivity contribution < 1.29 is 4.74 Å². The minimum Gasteiger partial charge on any atom is -0.378 e. The zero-order valence-electron chi connectivity index (χ0n) is 12.8. The van der Waals surface area contributed by atoms with Gasteiger partial charge in [-0.3, -0.25) is 0 Å². The van der Waals surface area contributed by atoms with Gasteiger partial charge in [0.1, 0.15) is 5.82 Å². The molecule has 0 unspecified atom stereocenters. The lowest BCUT2D eigenvalue weighted by Crippen LogP contribution is -2.37. The van der Waals surface area contributed by atoms with Gasteiger partial charge in [0.05, 0.1) is 30.5 Å². The predicted octanol–water partition coefficient (Wildman–Crippen LogP) is 3.03. The third-order valence-corrected chi connectivity index (χ3v) is 4.36. The number of nitrogens with zero attached hydrogens (tertiary/aromatic N) is 3. The van der Waals surface area contributed by atoms with Crippen LogP contribution >= 0.6 is 0 Å². The summed E-state index contributed by atoms with van der Waals surface area (Å²) in [6.07, 6.45) is 5.19. The van der Waals surface area contributed by atoms with E-state index in [9.17, 15) is 0 Å². The van der Waals surface area contributed by atoms with Crippen LogP contribution in [0.15, 0.2) is 36.4 Å². The van der Waals surface area contributed by atoms with Crippen LogP contribution in [-0.4, -0.2) is 31.3 Å². The lowest BCUT2D eigenvalue weighted by Gasteiger charge is -2.30. The maximum Gasteiger partial charge on any atom is 0.137 e. The van der Waals surface area contributed by atoms with Gasteiger partial charge < -0.3 is 9.64 Å². The van der Waals surface area contributed by atoms with Crippen molar-refractivity contribution in [1.82, 2.24) is 4.98 Å². The Balaban J connectivity index is 1.81. The number of pyridine rings is 1. The average molecular weight is 303 g/mol. The van der Waals surface area contributed by atoms with Gasteiger partial charge in [0.25, 0.3) is 0 Å². The first kappa shape index (κ1) is 14.0. The molecule has 0 saturated carbocycles. The first-order valence-electron chi connectivity index (χ1n) is 7.89. The van der Waals surface area contributed by atoms with Gasteiger partial charge in [-0.15, -0.1) is 0 Å². The van der Waals surface area contributed by atoms with E-state index in [2.05, 4.69) is 29.2 Å². The number of hydrogen-bond donors (Lipinski definition) is 0. The third kappa shape index (κ3) is 2.60. The molecule has 4 nitrogen and oxygen atoms in total. The summed E-state index contributed by atoms with van der Waals surface area (Å²) in [7, 11) is 0. The molecular formula is C19H17N3O. The zero-order chi connectivity index (χ0) is 15.6. The number of allylic oxidation sites excluding steroid dienone is 1. The van der Waals surface area contributed by atoms with Gasteiger partial charge in [0.15, 0.2) is 0 Å². The van der Waals surface area contributed by atoms with Crippen LogP contribution in [0.3, 0.4) is 0 Å². The van der Waals surface area contributed by atoms with Crippen LogP contribution in [0, 0.1) is 11.3 Å². The molecule has 1 saturated heterocycles. The standard InChI is InChI=1S/C19H17N3O/c20-13-14-4-6-15(7-5-14)17-12-16-2-1-3-18(16)21-19(17)22-8-10-23-11-9-22/h1,3-7,12H,2,8-11H2. The van der Waals surface area contributed by atoms with Gasteiger partial charge in [-0.05, 0) is 41.8 Å². The van der Waals surface area contributed by atoms with Crippen molar-refractivity contribution in [3.8, 4) is 17.2 Å². The molecular weight excluding hydrogens is 286 g/mol. The van der Waals surface area contributed by atoms with E-state index in [1.165, 1.54) is 5.56 Å². The number of anilines is 1. The molecule has 0 spiro atoms. The highest BCUT2D eigenvalue weighted by Gasteiger charge is 2.20. The molecule has 1 aromatic heterocycles. The largest absolute Gasteiger partial charge is 0.378 e. The highest BCUT2D eigenvalue weighted by atomic mass is 16.5. The highest BCUT2D eigenvalue weighted by molar-refractivity contribution is 5.79. The number of hydrogen-bond acceptors (Lipinski definition) is 4. The Hall–Kier alpha value is -2.64. The average Bonchev–Trinajstić information content (AvgIpc) is 3.09. The van der Waals surface area contributed by atoms with Crippen molar-refractivity contribution in [2.75, 3.05) is 31.2 Å². The fraction of sp³-hybridized carbons (Fsp3) is 0.263. The molecule has 4 heteroatoms. The van der Waals surface area contributed by atoms with Crippen LogP contribution < -0.4 is 4.90 Å². The molecule has 0 amide bonds. The number of ether oxygens (including phenoxy) is 1. The Morgan fingerprint density at radius 2 is 1.91 bits per heavy atom. The maximum absolute atomic E-state index is 8.99. The molecule has 114 valence electrons. The number of rotatable bonds is 2. The van der Waals surface area contributed by atoms with Crippen LogP contribution in [0.25, 0.3) is 17.2 Å². The molecule has 1 aromatic carbocycles. The van der Waals surface area contributed by atoms with Gasteiger partial charge in [0, 0.05) is 18.7 Å². The van der Waals surface area contributed by atoms with Gasteiger partial charge in [-0.25, -0.2) is 4.98 Å². The van der Waals surface area contributed by atoms with E-state index in [1.807, 2.05) is 24.3 Å². The fourth-order valence-corrected chi connectivity index (χ4v) is 3.12. The molecule has 2 aliphatic rings. The number of fused-ring (bicyclic) bond motifs is 1. The van der Waals surface area contributed by atoms with Crippen LogP contribution in [0.2, 0.25) is 0 Å². The SMILES string of the molecule is N#Cc1ccc(-c2cc3c(nc2N2CCOCC2)C=CC3)cc1. The second-order valence-electron chi connectivity index (χ2n) is 5.80. The number of morpholine rings is 1. The zero-order valence-corrected chi connectivity index (χ0v) is 12.8. The Kier molecular flexibility index (Phi) is 3.57. The molecule has 2 heterocycles. The quantitative estimate of drug-likeness (QED) is 0.855. The van der Waals surface area contributed by atoms with E-state index >= 15 is 0 Å². The second-order valence-corrected chi connectivity index (χ2v) is 5.80. The second kappa shape index (κ2) is 5.86. The lowest BCUT2D eigenvalue weighted by molar-refractivity contribution is 0.122. The molecule has 0 atom stereocenters. The van der Waals surface area contributed by atoms with E-state index in [-0.39, 0.29) is 0 Å². The predicted molar refractivity (Wildman–Crippen MR) is 90.2 cm³/mol. The fourth-order valence-electron chi connectivity index (χ4n) is 3.12. The first-order chi connectivity index (χ1) is 11.3. The van der Waals surface area contributed by atoms with Gasteiger partial charge in [0.2, 0.25) is 0 Å². The maximum atomic E-state index is 8.99. The molecule has 0 bridgehead atoms. The minimum atomic E-state index is 0.678. The summed E-state index contributed by atoms with van der Waals surface area (Å²) in [5.74, 6) is 1.02. The monoisotopic (exact) mass is 303 g/mol.